The van der Waals surface area contributed by atoms with Gasteiger partial charge in [-0.2, -0.15) is 5.10 Å². The maximum absolute atomic E-state index is 12.2. The van der Waals surface area contributed by atoms with Crippen LogP contribution in [0.4, 0.5) is 5.69 Å². The molecule has 0 spiro atoms. The summed E-state index contributed by atoms with van der Waals surface area (Å²) in [5.41, 5.74) is 0.628. The van der Waals surface area contributed by atoms with E-state index in [1.165, 1.54) is 24.6 Å². The Kier molecular flexibility index (Phi) is 5.15. The van der Waals surface area contributed by atoms with Crippen molar-refractivity contribution < 1.29 is 14.3 Å². The molecule has 6 heteroatoms. The lowest BCUT2D eigenvalue weighted by atomic mass is 9.99. The van der Waals surface area contributed by atoms with Gasteiger partial charge in [0.25, 0.3) is 0 Å². The Labute approximate surface area is 118 Å². The summed E-state index contributed by atoms with van der Waals surface area (Å²) >= 11 is 0. The number of nitrogens with zero attached hydrogens (tertiary/aromatic N) is 2. The van der Waals surface area contributed by atoms with Crippen LogP contribution in [0.3, 0.4) is 0 Å². The average Bonchev–Trinajstić information content (AvgIpc) is 2.71. The zero-order valence-corrected chi connectivity index (χ0v) is 11.8. The molecule has 1 aliphatic rings. The van der Waals surface area contributed by atoms with Crippen LogP contribution in [0.15, 0.2) is 12.4 Å². The van der Waals surface area contributed by atoms with Crippen molar-refractivity contribution in [1.82, 2.24) is 9.78 Å². The highest BCUT2D eigenvalue weighted by Crippen LogP contribution is 2.24. The molecule has 20 heavy (non-hydrogen) atoms. The Hall–Kier alpha value is -1.85. The summed E-state index contributed by atoms with van der Waals surface area (Å²) in [4.78, 5) is 23.3. The number of aromatic nitrogens is 2. The van der Waals surface area contributed by atoms with Gasteiger partial charge in [-0.25, -0.2) is 0 Å². The minimum Gasteiger partial charge on any atom is -0.468 e. The van der Waals surface area contributed by atoms with E-state index < -0.39 is 0 Å². The van der Waals surface area contributed by atoms with E-state index in [9.17, 15) is 9.59 Å². The van der Waals surface area contributed by atoms with E-state index in [1.54, 1.807) is 12.4 Å². The molecule has 6 nitrogen and oxygen atoms in total. The number of anilines is 1. The number of hydrogen-bond acceptors (Lipinski definition) is 4. The summed E-state index contributed by atoms with van der Waals surface area (Å²) < 4.78 is 6.02. The number of ether oxygens (including phenoxy) is 1. The van der Waals surface area contributed by atoms with E-state index in [0.717, 1.165) is 25.7 Å². The first kappa shape index (κ1) is 14.6. The first-order chi connectivity index (χ1) is 9.69. The lowest BCUT2D eigenvalue weighted by Crippen LogP contribution is -2.22. The molecule has 1 fully saturated rings. The van der Waals surface area contributed by atoms with Crippen LogP contribution in [0.2, 0.25) is 0 Å². The van der Waals surface area contributed by atoms with Crippen LogP contribution in [0.5, 0.6) is 0 Å². The molecule has 1 aromatic rings. The van der Waals surface area contributed by atoms with Crippen molar-refractivity contribution in [2.75, 3.05) is 12.4 Å². The fourth-order valence-corrected chi connectivity index (χ4v) is 2.50. The smallest absolute Gasteiger partial charge is 0.327 e. The minimum absolute atomic E-state index is 0.0514. The summed E-state index contributed by atoms with van der Waals surface area (Å²) in [6, 6.07) is 0. The number of carbonyl (C=O) groups excluding carboxylic acids is 2. The summed E-state index contributed by atoms with van der Waals surface area (Å²) in [5, 5.41) is 6.90. The maximum Gasteiger partial charge on any atom is 0.327 e. The number of methoxy groups -OCH3 is 1. The van der Waals surface area contributed by atoms with Crippen molar-refractivity contribution in [1.29, 1.82) is 0 Å². The zero-order chi connectivity index (χ0) is 14.4. The average molecular weight is 279 g/mol. The van der Waals surface area contributed by atoms with Gasteiger partial charge < -0.3 is 10.1 Å². The summed E-state index contributed by atoms with van der Waals surface area (Å²) in [5.74, 6) is -0.208. The van der Waals surface area contributed by atoms with Crippen molar-refractivity contribution in [3.63, 3.8) is 0 Å². The van der Waals surface area contributed by atoms with Crippen LogP contribution in [0.25, 0.3) is 0 Å². The molecule has 110 valence electrons. The van der Waals surface area contributed by atoms with Crippen LogP contribution in [-0.4, -0.2) is 28.8 Å². The molecule has 1 heterocycles. The second-order valence-electron chi connectivity index (χ2n) is 5.18. The van der Waals surface area contributed by atoms with Gasteiger partial charge in [-0.3, -0.25) is 14.3 Å². The molecular formula is C14H21N3O3. The lowest BCUT2D eigenvalue weighted by molar-refractivity contribution is -0.141. The number of hydrogen-bond donors (Lipinski definition) is 1. The largest absolute Gasteiger partial charge is 0.468 e. The topological polar surface area (TPSA) is 73.2 Å². The second-order valence-corrected chi connectivity index (χ2v) is 5.18. The van der Waals surface area contributed by atoms with E-state index in [2.05, 4.69) is 15.2 Å². The Bertz CT molecular complexity index is 462. The number of rotatable bonds is 4. The van der Waals surface area contributed by atoms with Crippen molar-refractivity contribution >= 4 is 17.6 Å². The highest BCUT2D eigenvalue weighted by molar-refractivity contribution is 5.92. The van der Waals surface area contributed by atoms with Crippen molar-refractivity contribution in [3.8, 4) is 0 Å². The SMILES string of the molecule is COC(=O)Cn1cc(NC(=O)C2CCCCCC2)cn1. The molecule has 0 saturated heterocycles. The van der Waals surface area contributed by atoms with Gasteiger partial charge in [0.1, 0.15) is 6.54 Å². The number of nitrogens with one attached hydrogen (secondary N) is 1. The zero-order valence-electron chi connectivity index (χ0n) is 11.8. The van der Waals surface area contributed by atoms with Crippen molar-refractivity contribution in [3.05, 3.63) is 12.4 Å². The van der Waals surface area contributed by atoms with Gasteiger partial charge in [0.05, 0.1) is 19.0 Å². The Morgan fingerprint density at radius 1 is 1.35 bits per heavy atom. The fraction of sp³-hybridized carbons (Fsp3) is 0.643. The van der Waals surface area contributed by atoms with E-state index in [1.807, 2.05) is 0 Å². The monoisotopic (exact) mass is 279 g/mol. The van der Waals surface area contributed by atoms with E-state index in [4.69, 9.17) is 0 Å². The predicted molar refractivity (Wildman–Crippen MR) is 74.1 cm³/mol. The Morgan fingerprint density at radius 3 is 2.70 bits per heavy atom. The molecule has 0 bridgehead atoms. The number of carbonyl (C=O) groups is 2. The van der Waals surface area contributed by atoms with Gasteiger partial charge >= 0.3 is 5.97 Å². The molecule has 0 unspecified atom stereocenters. The van der Waals surface area contributed by atoms with E-state index in [-0.39, 0.29) is 24.3 Å². The number of esters is 1. The van der Waals surface area contributed by atoms with E-state index in [0.29, 0.717) is 5.69 Å². The molecule has 1 amide bonds. The van der Waals surface area contributed by atoms with Crippen LogP contribution in [-0.2, 0) is 20.9 Å². The highest BCUT2D eigenvalue weighted by Gasteiger charge is 2.20. The van der Waals surface area contributed by atoms with Crippen LogP contribution < -0.4 is 5.32 Å². The van der Waals surface area contributed by atoms with Crippen LogP contribution >= 0.6 is 0 Å². The summed E-state index contributed by atoms with van der Waals surface area (Å²) in [6.45, 7) is 0.0514. The van der Waals surface area contributed by atoms with Crippen LogP contribution in [0.1, 0.15) is 38.5 Å². The van der Waals surface area contributed by atoms with Crippen molar-refractivity contribution in [2.24, 2.45) is 5.92 Å². The fourth-order valence-electron chi connectivity index (χ4n) is 2.50. The Morgan fingerprint density at radius 2 is 2.05 bits per heavy atom. The molecular weight excluding hydrogens is 258 g/mol. The lowest BCUT2D eigenvalue weighted by Gasteiger charge is -2.12. The van der Waals surface area contributed by atoms with Gasteiger partial charge in [-0.1, -0.05) is 25.7 Å². The molecule has 1 aromatic heterocycles. The Balaban J connectivity index is 1.89. The van der Waals surface area contributed by atoms with Crippen molar-refractivity contribution in [2.45, 2.75) is 45.1 Å². The third-order valence-electron chi connectivity index (χ3n) is 3.65. The standard InChI is InChI=1S/C14H21N3O3/c1-20-13(18)10-17-9-12(8-15-17)16-14(19)11-6-4-2-3-5-7-11/h8-9,11H,2-7,10H2,1H3,(H,16,19). The van der Waals surface area contributed by atoms with Gasteiger partial charge in [0.15, 0.2) is 0 Å². The third kappa shape index (κ3) is 4.08. The molecule has 1 aliphatic carbocycles. The van der Waals surface area contributed by atoms with Gasteiger partial charge in [0.2, 0.25) is 5.91 Å². The molecule has 0 aliphatic heterocycles. The van der Waals surface area contributed by atoms with Gasteiger partial charge in [-0.15, -0.1) is 0 Å². The molecule has 0 aromatic carbocycles. The summed E-state index contributed by atoms with van der Waals surface area (Å²) in [7, 11) is 1.33. The normalized spacial score (nSPS) is 16.4. The predicted octanol–water partition coefficient (Wildman–Crippen LogP) is 1.96. The molecule has 0 atom stereocenters. The third-order valence-corrected chi connectivity index (χ3v) is 3.65. The van der Waals surface area contributed by atoms with Crippen LogP contribution in [0, 0.1) is 5.92 Å². The van der Waals surface area contributed by atoms with E-state index >= 15 is 0 Å². The summed E-state index contributed by atoms with van der Waals surface area (Å²) in [6.07, 6.45) is 9.81. The highest BCUT2D eigenvalue weighted by atomic mass is 16.5. The van der Waals surface area contributed by atoms with Gasteiger partial charge in [0, 0.05) is 12.1 Å². The second kappa shape index (κ2) is 7.07. The minimum atomic E-state index is -0.366. The molecule has 1 N–H and O–H groups in total. The number of amides is 1. The first-order valence-corrected chi connectivity index (χ1v) is 7.09. The first-order valence-electron chi connectivity index (χ1n) is 7.09. The molecule has 1 saturated carbocycles. The quantitative estimate of drug-likeness (QED) is 0.675. The van der Waals surface area contributed by atoms with Gasteiger partial charge in [-0.05, 0) is 12.8 Å². The molecule has 2 rings (SSSR count). The maximum atomic E-state index is 12.2. The molecule has 0 radical (unpaired) electrons.